The van der Waals surface area contributed by atoms with Crippen molar-refractivity contribution in [1.82, 2.24) is 0 Å². The lowest BCUT2D eigenvalue weighted by atomic mass is 10.1. The Kier molecular flexibility index (Phi) is 5.79. The summed E-state index contributed by atoms with van der Waals surface area (Å²) in [6.07, 6.45) is 1.58. The maximum absolute atomic E-state index is 11.8. The van der Waals surface area contributed by atoms with E-state index in [0.717, 1.165) is 12.2 Å². The Labute approximate surface area is 148 Å². The molecule has 0 atom stereocenters. The Bertz CT molecular complexity index is 748. The van der Waals surface area contributed by atoms with Crippen LogP contribution < -0.4 is 0 Å². The van der Waals surface area contributed by atoms with E-state index in [4.69, 9.17) is 23.2 Å². The van der Waals surface area contributed by atoms with Gasteiger partial charge < -0.3 is 10.2 Å². The Hall–Kier alpha value is -2.56. The highest BCUT2D eigenvalue weighted by Crippen LogP contribution is 2.17. The Balaban J connectivity index is 2.15. The number of aliphatic hydroxyl groups excluding tert-OH is 2. The first-order chi connectivity index (χ1) is 11.4. The number of aliphatic hydroxyl groups is 2. The summed E-state index contributed by atoms with van der Waals surface area (Å²) in [5.41, 5.74) is 0.679. The molecule has 24 heavy (non-hydrogen) atoms. The third-order valence-electron chi connectivity index (χ3n) is 3.06. The minimum atomic E-state index is -0.969. The van der Waals surface area contributed by atoms with Crippen molar-refractivity contribution in [1.29, 1.82) is 0 Å². The van der Waals surface area contributed by atoms with Crippen molar-refractivity contribution in [3.63, 3.8) is 0 Å². The summed E-state index contributed by atoms with van der Waals surface area (Å²) < 4.78 is 0. The number of hydrogen-bond acceptors (Lipinski definition) is 4. The van der Waals surface area contributed by atoms with Crippen LogP contribution >= 0.6 is 23.2 Å². The lowest BCUT2D eigenvalue weighted by Gasteiger charge is -2.01. The van der Waals surface area contributed by atoms with Gasteiger partial charge in [0.1, 0.15) is 11.5 Å². The van der Waals surface area contributed by atoms with Gasteiger partial charge in [-0.2, -0.15) is 0 Å². The first-order valence-electron chi connectivity index (χ1n) is 6.78. The molecule has 6 heteroatoms. The molecular formula is C18H12Cl2O4. The van der Waals surface area contributed by atoms with Gasteiger partial charge >= 0.3 is 0 Å². The van der Waals surface area contributed by atoms with Crippen LogP contribution in [0, 0.1) is 0 Å². The standard InChI is InChI=1S/C18H12Cl2O4/c19-13-5-1-11(2-6-13)15(21)9-17(23)18(24)10-16(22)12-3-7-14(20)8-4-12/h1-10,21-22H. The van der Waals surface area contributed by atoms with Crippen LogP contribution in [0.4, 0.5) is 0 Å². The third kappa shape index (κ3) is 4.72. The van der Waals surface area contributed by atoms with Crippen LogP contribution in [-0.4, -0.2) is 21.8 Å². The molecule has 0 saturated heterocycles. The van der Waals surface area contributed by atoms with E-state index >= 15 is 0 Å². The highest BCUT2D eigenvalue weighted by Gasteiger charge is 2.12. The summed E-state index contributed by atoms with van der Waals surface area (Å²) in [5, 5.41) is 20.7. The van der Waals surface area contributed by atoms with Gasteiger partial charge in [-0.05, 0) is 48.5 Å². The zero-order chi connectivity index (χ0) is 17.7. The van der Waals surface area contributed by atoms with Crippen molar-refractivity contribution in [2.24, 2.45) is 0 Å². The maximum Gasteiger partial charge on any atom is 0.229 e. The van der Waals surface area contributed by atoms with Crippen molar-refractivity contribution in [2.75, 3.05) is 0 Å². The Morgan fingerprint density at radius 1 is 0.667 bits per heavy atom. The molecule has 0 heterocycles. The summed E-state index contributed by atoms with van der Waals surface area (Å²) >= 11 is 11.5. The van der Waals surface area contributed by atoms with Gasteiger partial charge in [-0.3, -0.25) is 9.59 Å². The highest BCUT2D eigenvalue weighted by molar-refractivity contribution is 6.47. The molecule has 4 nitrogen and oxygen atoms in total. The van der Waals surface area contributed by atoms with E-state index in [1.54, 1.807) is 24.3 Å². The largest absolute Gasteiger partial charge is 0.507 e. The van der Waals surface area contributed by atoms with Gasteiger partial charge in [0.2, 0.25) is 11.6 Å². The molecule has 2 rings (SSSR count). The third-order valence-corrected chi connectivity index (χ3v) is 3.56. The average molecular weight is 363 g/mol. The van der Waals surface area contributed by atoms with E-state index < -0.39 is 11.6 Å². The summed E-state index contributed by atoms with van der Waals surface area (Å²) in [6, 6.07) is 12.2. The van der Waals surface area contributed by atoms with Crippen LogP contribution in [0.15, 0.2) is 60.7 Å². The smallest absolute Gasteiger partial charge is 0.229 e. The van der Waals surface area contributed by atoms with E-state index in [2.05, 4.69) is 0 Å². The fourth-order valence-electron chi connectivity index (χ4n) is 1.80. The Morgan fingerprint density at radius 3 is 1.25 bits per heavy atom. The second kappa shape index (κ2) is 7.81. The van der Waals surface area contributed by atoms with Crippen LogP contribution in [0.5, 0.6) is 0 Å². The fraction of sp³-hybridized carbons (Fsp3) is 0. The first kappa shape index (κ1) is 17.8. The topological polar surface area (TPSA) is 74.6 Å². The summed E-state index contributed by atoms with van der Waals surface area (Å²) in [4.78, 5) is 23.7. The monoisotopic (exact) mass is 362 g/mol. The molecule has 0 aliphatic carbocycles. The molecule has 2 aromatic rings. The number of hydrogen-bond donors (Lipinski definition) is 2. The van der Waals surface area contributed by atoms with Gasteiger partial charge in [-0.15, -0.1) is 0 Å². The van der Waals surface area contributed by atoms with Gasteiger partial charge in [-0.1, -0.05) is 23.2 Å². The summed E-state index contributed by atoms with van der Waals surface area (Å²) in [7, 11) is 0. The molecule has 0 radical (unpaired) electrons. The van der Waals surface area contributed by atoms with Crippen molar-refractivity contribution < 1.29 is 19.8 Å². The van der Waals surface area contributed by atoms with Crippen molar-refractivity contribution in [2.45, 2.75) is 0 Å². The second-order valence-electron chi connectivity index (χ2n) is 4.80. The maximum atomic E-state index is 11.8. The predicted octanol–water partition coefficient (Wildman–Crippen LogP) is 4.63. The number of allylic oxidation sites excluding steroid dienone is 2. The Morgan fingerprint density at radius 2 is 0.958 bits per heavy atom. The number of halogens is 2. The van der Waals surface area contributed by atoms with Gasteiger partial charge in [-0.25, -0.2) is 0 Å². The zero-order valence-electron chi connectivity index (χ0n) is 12.2. The van der Waals surface area contributed by atoms with Crippen molar-refractivity contribution >= 4 is 46.3 Å². The molecule has 0 aliphatic rings. The lowest BCUT2D eigenvalue weighted by Crippen LogP contribution is -2.09. The van der Waals surface area contributed by atoms with Crippen LogP contribution in [-0.2, 0) is 9.59 Å². The molecule has 0 saturated carbocycles. The van der Waals surface area contributed by atoms with Gasteiger partial charge in [0, 0.05) is 33.3 Å². The number of rotatable bonds is 5. The van der Waals surface area contributed by atoms with Crippen LogP contribution in [0.25, 0.3) is 11.5 Å². The molecule has 0 aromatic heterocycles. The molecule has 0 bridgehead atoms. The normalized spacial score (nSPS) is 12.1. The molecule has 2 aromatic carbocycles. The molecule has 0 amide bonds. The number of ketones is 2. The molecule has 2 N–H and O–H groups in total. The van der Waals surface area contributed by atoms with Crippen molar-refractivity contribution in [3.8, 4) is 0 Å². The summed E-state index contributed by atoms with van der Waals surface area (Å²) in [5.74, 6) is -2.68. The van der Waals surface area contributed by atoms with Crippen LogP contribution in [0.1, 0.15) is 11.1 Å². The highest BCUT2D eigenvalue weighted by atomic mass is 35.5. The van der Waals surface area contributed by atoms with Crippen LogP contribution in [0.3, 0.4) is 0 Å². The molecular weight excluding hydrogens is 351 g/mol. The minimum absolute atomic E-state index is 0.339. The SMILES string of the molecule is O=C(C=C(O)c1ccc(Cl)cc1)C(=O)C=C(O)c1ccc(Cl)cc1. The lowest BCUT2D eigenvalue weighted by molar-refractivity contribution is -0.130. The van der Waals surface area contributed by atoms with E-state index in [0.29, 0.717) is 21.2 Å². The number of carbonyl (C=O) groups excluding carboxylic acids is 2. The van der Waals surface area contributed by atoms with E-state index in [1.807, 2.05) is 0 Å². The predicted molar refractivity (Wildman–Crippen MR) is 94.1 cm³/mol. The first-order valence-corrected chi connectivity index (χ1v) is 7.54. The minimum Gasteiger partial charge on any atom is -0.507 e. The summed E-state index contributed by atoms with van der Waals surface area (Å²) in [6.45, 7) is 0. The average Bonchev–Trinajstić information content (AvgIpc) is 2.55. The van der Waals surface area contributed by atoms with E-state index in [9.17, 15) is 19.8 Å². The fourth-order valence-corrected chi connectivity index (χ4v) is 2.05. The molecule has 0 fully saturated rings. The molecule has 0 spiro atoms. The number of benzene rings is 2. The second-order valence-corrected chi connectivity index (χ2v) is 5.67. The molecule has 0 unspecified atom stereocenters. The van der Waals surface area contributed by atoms with Gasteiger partial charge in [0.25, 0.3) is 0 Å². The molecule has 0 aliphatic heterocycles. The van der Waals surface area contributed by atoms with E-state index in [-0.39, 0.29) is 11.5 Å². The van der Waals surface area contributed by atoms with E-state index in [1.165, 1.54) is 24.3 Å². The van der Waals surface area contributed by atoms with Gasteiger partial charge in [0.15, 0.2) is 0 Å². The molecule has 122 valence electrons. The zero-order valence-corrected chi connectivity index (χ0v) is 13.8. The quantitative estimate of drug-likeness (QED) is 0.461. The van der Waals surface area contributed by atoms with Crippen molar-refractivity contribution in [3.05, 3.63) is 81.9 Å². The van der Waals surface area contributed by atoms with Crippen LogP contribution in [0.2, 0.25) is 10.0 Å². The van der Waals surface area contributed by atoms with Gasteiger partial charge in [0.05, 0.1) is 0 Å². The number of carbonyl (C=O) groups is 2.